The molecule has 26 heavy (non-hydrogen) atoms. The van der Waals surface area contributed by atoms with Crippen LogP contribution >= 0.6 is 0 Å². The Bertz CT molecular complexity index is 928. The van der Waals surface area contributed by atoms with Gasteiger partial charge < -0.3 is 14.9 Å². The molecule has 0 spiro atoms. The molecule has 0 saturated carbocycles. The Balaban J connectivity index is 0.00000243. The molecular weight excluding hydrogens is 367 g/mol. The molecule has 0 radical (unpaired) electrons. The van der Waals surface area contributed by atoms with Crippen LogP contribution in [0.5, 0.6) is 17.2 Å². The Morgan fingerprint density at radius 1 is 1.15 bits per heavy atom. The number of fused-ring (bicyclic) bond motifs is 3. The van der Waals surface area contributed by atoms with E-state index < -0.39 is 46.0 Å². The predicted octanol–water partition coefficient (Wildman–Crippen LogP) is 0.851. The van der Waals surface area contributed by atoms with Gasteiger partial charge in [-0.25, -0.2) is 0 Å². The van der Waals surface area contributed by atoms with Crippen LogP contribution in [0.2, 0.25) is 0 Å². The first-order valence-corrected chi connectivity index (χ1v) is 7.62. The van der Waals surface area contributed by atoms with E-state index in [0.29, 0.717) is 0 Å². The predicted molar refractivity (Wildman–Crippen MR) is 91.9 cm³/mol. The van der Waals surface area contributed by atoms with Gasteiger partial charge in [0.05, 0.1) is 5.56 Å². The van der Waals surface area contributed by atoms with E-state index in [1.165, 1.54) is 20.8 Å². The summed E-state index contributed by atoms with van der Waals surface area (Å²) >= 11 is 0. The van der Waals surface area contributed by atoms with E-state index in [4.69, 9.17) is 4.74 Å². The molecule has 1 aliphatic carbocycles. The van der Waals surface area contributed by atoms with E-state index in [1.54, 1.807) is 0 Å². The molecule has 0 bridgehead atoms. The normalized spacial score (nSPS) is 23.4. The van der Waals surface area contributed by atoms with Crippen LogP contribution in [0.1, 0.15) is 42.3 Å². The van der Waals surface area contributed by atoms with Gasteiger partial charge in [-0.3, -0.25) is 19.2 Å². The molecule has 132 valence electrons. The van der Waals surface area contributed by atoms with Gasteiger partial charge in [0.1, 0.15) is 45.7 Å². The van der Waals surface area contributed by atoms with Crippen molar-refractivity contribution in [2.75, 3.05) is 0 Å². The molecule has 0 fully saturated rings. The number of phenolic OH excluding ortho intramolecular Hbond substituents is 2. The summed E-state index contributed by atoms with van der Waals surface area (Å²) in [5.74, 6) is -5.15. The molecule has 1 aromatic carbocycles. The maximum absolute atomic E-state index is 13.0. The van der Waals surface area contributed by atoms with Crippen LogP contribution in [-0.2, 0) is 19.8 Å². The second-order valence-electron chi connectivity index (χ2n) is 6.50. The summed E-state index contributed by atoms with van der Waals surface area (Å²) in [5, 5.41) is 20.7. The van der Waals surface area contributed by atoms with Crippen LogP contribution in [0.25, 0.3) is 0 Å². The second-order valence-corrected chi connectivity index (χ2v) is 6.50. The van der Waals surface area contributed by atoms with Crippen molar-refractivity contribution in [2.45, 2.75) is 33.1 Å². The molecule has 0 amide bonds. The fourth-order valence-electron chi connectivity index (χ4n) is 3.49. The quantitative estimate of drug-likeness (QED) is 0.441. The van der Waals surface area contributed by atoms with Crippen molar-refractivity contribution in [1.82, 2.24) is 0 Å². The second kappa shape index (κ2) is 6.68. The number of hydrogen-bond acceptors (Lipinski definition) is 7. The van der Waals surface area contributed by atoms with Crippen molar-refractivity contribution in [3.63, 3.8) is 0 Å². The van der Waals surface area contributed by atoms with Crippen molar-refractivity contribution < 1.29 is 34.1 Å². The first-order chi connectivity index (χ1) is 11.5. The zero-order valence-corrected chi connectivity index (χ0v) is 14.1. The third kappa shape index (κ3) is 2.55. The van der Waals surface area contributed by atoms with Crippen molar-refractivity contribution >= 4 is 74.5 Å². The van der Waals surface area contributed by atoms with Crippen LogP contribution in [-0.4, -0.2) is 84.7 Å². The molecule has 7 nitrogen and oxygen atoms in total. The Morgan fingerprint density at radius 2 is 1.73 bits per heavy atom. The van der Waals surface area contributed by atoms with Gasteiger partial charge in [0, 0.05) is 11.6 Å². The van der Waals surface area contributed by atoms with Crippen molar-refractivity contribution in [3.05, 3.63) is 28.5 Å². The van der Waals surface area contributed by atoms with Gasteiger partial charge >= 0.3 is 51.4 Å². The van der Waals surface area contributed by atoms with Crippen molar-refractivity contribution in [1.29, 1.82) is 0 Å². The third-order valence-electron chi connectivity index (χ3n) is 4.91. The SMILES string of the molecule is CC(=O)c1c(O)c(C)c(O)c2c1OC1=CC(=O)C(C(C)=O)C(=O)C12C.[KH]. The van der Waals surface area contributed by atoms with Gasteiger partial charge in [0.25, 0.3) is 0 Å². The number of hydrogen-bond donors (Lipinski definition) is 2. The first-order valence-electron chi connectivity index (χ1n) is 7.62. The Labute approximate surface area is 191 Å². The number of ether oxygens (including phenoxy) is 1. The van der Waals surface area contributed by atoms with Gasteiger partial charge in [-0.1, -0.05) is 0 Å². The first kappa shape index (κ1) is 21.0. The fraction of sp³-hybridized carbons (Fsp3) is 0.333. The van der Waals surface area contributed by atoms with E-state index in [0.717, 1.165) is 13.0 Å². The summed E-state index contributed by atoms with van der Waals surface area (Å²) in [4.78, 5) is 48.8. The number of carbonyl (C=O) groups is 4. The molecule has 1 aliphatic heterocycles. The summed E-state index contributed by atoms with van der Waals surface area (Å²) in [7, 11) is 0. The van der Waals surface area contributed by atoms with E-state index in [-0.39, 0.29) is 79.6 Å². The molecule has 2 aliphatic rings. The topological polar surface area (TPSA) is 118 Å². The average Bonchev–Trinajstić information content (AvgIpc) is 2.78. The van der Waals surface area contributed by atoms with Crippen LogP contribution in [0.4, 0.5) is 0 Å². The standard InChI is InChI=1S/C18H16O7.K.H/c1-6-14(22)12(8(3)20)16-13(15(6)23)18(4)10(25-16)5-9(21)11(7(2)19)17(18)24;;/h5,11,22-23H,1-4H3;;. The Morgan fingerprint density at radius 3 is 2.23 bits per heavy atom. The van der Waals surface area contributed by atoms with Crippen LogP contribution < -0.4 is 4.74 Å². The monoisotopic (exact) mass is 384 g/mol. The van der Waals surface area contributed by atoms with E-state index >= 15 is 0 Å². The van der Waals surface area contributed by atoms with Crippen LogP contribution in [0.3, 0.4) is 0 Å². The average molecular weight is 384 g/mol. The molecule has 0 aromatic heterocycles. The summed E-state index contributed by atoms with van der Waals surface area (Å²) in [5.41, 5.74) is -1.77. The van der Waals surface area contributed by atoms with E-state index in [1.807, 2.05) is 0 Å². The van der Waals surface area contributed by atoms with E-state index in [9.17, 15) is 29.4 Å². The summed E-state index contributed by atoms with van der Waals surface area (Å²) < 4.78 is 5.56. The number of benzene rings is 1. The summed E-state index contributed by atoms with van der Waals surface area (Å²) in [6.45, 7) is 5.17. The van der Waals surface area contributed by atoms with Gasteiger partial charge in [-0.2, -0.15) is 0 Å². The summed E-state index contributed by atoms with van der Waals surface area (Å²) in [6, 6.07) is 0. The number of ketones is 4. The van der Waals surface area contributed by atoms with E-state index in [2.05, 4.69) is 0 Å². The molecule has 1 aromatic rings. The molecular formula is C18H17KO7. The van der Waals surface area contributed by atoms with Gasteiger partial charge in [0.15, 0.2) is 17.3 Å². The Kier molecular flexibility index (Phi) is 5.39. The number of carbonyl (C=O) groups excluding carboxylic acids is 4. The maximum atomic E-state index is 13.0. The number of aromatic hydroxyl groups is 2. The number of allylic oxidation sites excluding steroid dienone is 2. The minimum absolute atomic E-state index is 0. The fourth-order valence-corrected chi connectivity index (χ4v) is 3.49. The number of phenols is 2. The molecule has 1 heterocycles. The molecule has 8 heteroatoms. The molecule has 3 rings (SSSR count). The van der Waals surface area contributed by atoms with Crippen molar-refractivity contribution in [3.8, 4) is 17.2 Å². The number of rotatable bonds is 2. The molecule has 2 atom stereocenters. The van der Waals surface area contributed by atoms with Crippen LogP contribution in [0, 0.1) is 12.8 Å². The zero-order valence-electron chi connectivity index (χ0n) is 14.1. The Hall–Kier alpha value is -1.32. The van der Waals surface area contributed by atoms with Gasteiger partial charge in [0.2, 0.25) is 0 Å². The molecule has 2 unspecified atom stereocenters. The molecule has 0 saturated heterocycles. The van der Waals surface area contributed by atoms with Crippen molar-refractivity contribution in [2.24, 2.45) is 5.92 Å². The summed E-state index contributed by atoms with van der Waals surface area (Å²) in [6.07, 6.45) is 1.04. The zero-order chi connectivity index (χ0) is 18.8. The number of Topliss-reactive ketones (excluding diaryl/α,β-unsaturated/α-hetero) is 3. The van der Waals surface area contributed by atoms with Gasteiger partial charge in [-0.05, 0) is 27.7 Å². The third-order valence-corrected chi connectivity index (χ3v) is 4.91. The van der Waals surface area contributed by atoms with Gasteiger partial charge in [-0.15, -0.1) is 0 Å². The molecule has 2 N–H and O–H groups in total. The van der Waals surface area contributed by atoms with Crippen LogP contribution in [0.15, 0.2) is 11.8 Å². The minimum atomic E-state index is -1.59.